The van der Waals surface area contributed by atoms with E-state index in [-0.39, 0.29) is 18.4 Å². The molecule has 0 saturated carbocycles. The highest BCUT2D eigenvalue weighted by molar-refractivity contribution is 5.83. The average molecular weight is 240 g/mol. The van der Waals surface area contributed by atoms with Gasteiger partial charge in [-0.3, -0.25) is 9.59 Å². The zero-order chi connectivity index (χ0) is 12.7. The van der Waals surface area contributed by atoms with Gasteiger partial charge < -0.3 is 9.80 Å². The molecule has 1 aliphatic rings. The molecule has 1 fully saturated rings. The molecule has 1 rings (SSSR count). The van der Waals surface area contributed by atoms with Gasteiger partial charge in [-0.15, -0.1) is 0 Å². The Kier molecular flexibility index (Phi) is 6.01. The number of carbonyl (C=O) groups excluding carboxylic acids is 2. The van der Waals surface area contributed by atoms with E-state index in [1.165, 1.54) is 0 Å². The molecule has 0 spiro atoms. The maximum absolute atomic E-state index is 11.9. The third-order valence-corrected chi connectivity index (χ3v) is 3.26. The summed E-state index contributed by atoms with van der Waals surface area (Å²) in [4.78, 5) is 26.9. The highest BCUT2D eigenvalue weighted by atomic mass is 16.2. The van der Waals surface area contributed by atoms with Gasteiger partial charge in [0.15, 0.2) is 0 Å². The maximum atomic E-state index is 11.9. The van der Waals surface area contributed by atoms with Crippen LogP contribution in [0, 0.1) is 0 Å². The van der Waals surface area contributed by atoms with E-state index in [0.717, 1.165) is 45.2 Å². The van der Waals surface area contributed by atoms with Crippen LogP contribution in [0.15, 0.2) is 0 Å². The normalized spacial score (nSPS) is 15.1. The number of carbonyl (C=O) groups is 2. The van der Waals surface area contributed by atoms with Gasteiger partial charge in [0.1, 0.15) is 0 Å². The van der Waals surface area contributed by atoms with Gasteiger partial charge in [-0.1, -0.05) is 19.8 Å². The van der Waals surface area contributed by atoms with E-state index in [9.17, 15) is 9.59 Å². The van der Waals surface area contributed by atoms with Crippen LogP contribution in [0.3, 0.4) is 0 Å². The molecule has 0 aliphatic carbocycles. The Morgan fingerprint density at radius 1 is 1.18 bits per heavy atom. The van der Waals surface area contributed by atoms with E-state index in [1.54, 1.807) is 11.8 Å². The van der Waals surface area contributed by atoms with Crippen LogP contribution in [-0.4, -0.2) is 47.8 Å². The lowest BCUT2D eigenvalue weighted by Crippen LogP contribution is -2.41. The number of amides is 2. The first-order chi connectivity index (χ1) is 8.15. The number of unbranched alkanes of at least 4 members (excludes halogenated alkanes) is 2. The van der Waals surface area contributed by atoms with Crippen LogP contribution in [0.1, 0.15) is 46.0 Å². The average Bonchev–Trinajstić information content (AvgIpc) is 2.81. The predicted molar refractivity (Wildman–Crippen MR) is 67.6 cm³/mol. The highest BCUT2D eigenvalue weighted by Gasteiger charge is 2.21. The molecule has 0 radical (unpaired) electrons. The second kappa shape index (κ2) is 7.30. The van der Waals surface area contributed by atoms with Gasteiger partial charge in [0.2, 0.25) is 11.8 Å². The van der Waals surface area contributed by atoms with Gasteiger partial charge in [-0.05, 0) is 19.3 Å². The largest absolute Gasteiger partial charge is 0.341 e. The summed E-state index contributed by atoms with van der Waals surface area (Å²) < 4.78 is 0. The number of likely N-dealkylation sites (tertiary alicyclic amines) is 1. The molecule has 98 valence electrons. The van der Waals surface area contributed by atoms with Crippen molar-refractivity contribution in [3.63, 3.8) is 0 Å². The molecule has 1 aliphatic heterocycles. The summed E-state index contributed by atoms with van der Waals surface area (Å²) in [6, 6.07) is 0. The van der Waals surface area contributed by atoms with Gasteiger partial charge in [-0.2, -0.15) is 0 Å². The highest BCUT2D eigenvalue weighted by Crippen LogP contribution is 2.08. The zero-order valence-corrected chi connectivity index (χ0v) is 11.1. The molecule has 4 nitrogen and oxygen atoms in total. The Hall–Kier alpha value is -1.06. The van der Waals surface area contributed by atoms with Crippen molar-refractivity contribution in [3.05, 3.63) is 0 Å². The maximum Gasteiger partial charge on any atom is 0.242 e. The second-order valence-corrected chi connectivity index (χ2v) is 4.74. The van der Waals surface area contributed by atoms with Gasteiger partial charge in [0, 0.05) is 26.6 Å². The SMILES string of the molecule is CCCCCN(CC(=O)N1CCCC1)C(C)=O. The molecule has 0 N–H and O–H groups in total. The summed E-state index contributed by atoms with van der Waals surface area (Å²) in [6.07, 6.45) is 5.43. The molecule has 2 amide bonds. The summed E-state index contributed by atoms with van der Waals surface area (Å²) in [5.74, 6) is 0.114. The fourth-order valence-electron chi connectivity index (χ4n) is 2.13. The van der Waals surface area contributed by atoms with Gasteiger partial charge in [-0.25, -0.2) is 0 Å². The van der Waals surface area contributed by atoms with E-state index in [0.29, 0.717) is 6.54 Å². The van der Waals surface area contributed by atoms with Crippen LogP contribution < -0.4 is 0 Å². The first kappa shape index (κ1) is 14.0. The molecule has 0 aromatic carbocycles. The Bertz CT molecular complexity index is 260. The third-order valence-electron chi connectivity index (χ3n) is 3.26. The molecule has 17 heavy (non-hydrogen) atoms. The lowest BCUT2D eigenvalue weighted by atomic mass is 10.2. The molecule has 0 aromatic heterocycles. The van der Waals surface area contributed by atoms with Crippen LogP contribution in [0.4, 0.5) is 0 Å². The van der Waals surface area contributed by atoms with Crippen molar-refractivity contribution in [2.45, 2.75) is 46.0 Å². The molecule has 0 aromatic rings. The fraction of sp³-hybridized carbons (Fsp3) is 0.846. The van der Waals surface area contributed by atoms with E-state index in [4.69, 9.17) is 0 Å². The van der Waals surface area contributed by atoms with Crippen molar-refractivity contribution in [3.8, 4) is 0 Å². The van der Waals surface area contributed by atoms with Crippen LogP contribution in [0.5, 0.6) is 0 Å². The van der Waals surface area contributed by atoms with Gasteiger partial charge >= 0.3 is 0 Å². The molecular weight excluding hydrogens is 216 g/mol. The smallest absolute Gasteiger partial charge is 0.242 e. The van der Waals surface area contributed by atoms with E-state index in [2.05, 4.69) is 6.92 Å². The minimum Gasteiger partial charge on any atom is -0.341 e. The van der Waals surface area contributed by atoms with Crippen LogP contribution in [0.25, 0.3) is 0 Å². The summed E-state index contributed by atoms with van der Waals surface area (Å²) in [7, 11) is 0. The summed E-state index contributed by atoms with van der Waals surface area (Å²) in [5.41, 5.74) is 0. The predicted octanol–water partition coefficient (Wildman–Crippen LogP) is 1.65. The van der Waals surface area contributed by atoms with E-state index in [1.807, 2.05) is 4.90 Å². The molecule has 0 atom stereocenters. The van der Waals surface area contributed by atoms with E-state index < -0.39 is 0 Å². The van der Waals surface area contributed by atoms with Crippen LogP contribution in [-0.2, 0) is 9.59 Å². The van der Waals surface area contributed by atoms with Crippen molar-refractivity contribution in [2.75, 3.05) is 26.2 Å². The fourth-order valence-corrected chi connectivity index (χ4v) is 2.13. The zero-order valence-electron chi connectivity index (χ0n) is 11.1. The van der Waals surface area contributed by atoms with Crippen LogP contribution in [0.2, 0.25) is 0 Å². The Morgan fingerprint density at radius 3 is 2.35 bits per heavy atom. The Labute approximate surface area is 104 Å². The van der Waals surface area contributed by atoms with Crippen molar-refractivity contribution < 1.29 is 9.59 Å². The van der Waals surface area contributed by atoms with Crippen molar-refractivity contribution in [2.24, 2.45) is 0 Å². The summed E-state index contributed by atoms with van der Waals surface area (Å²) >= 11 is 0. The van der Waals surface area contributed by atoms with Crippen LogP contribution >= 0.6 is 0 Å². The summed E-state index contributed by atoms with van der Waals surface area (Å²) in [5, 5.41) is 0. The quantitative estimate of drug-likeness (QED) is 0.662. The van der Waals surface area contributed by atoms with Crippen molar-refractivity contribution >= 4 is 11.8 Å². The third kappa shape index (κ3) is 4.75. The summed E-state index contributed by atoms with van der Waals surface area (Å²) in [6.45, 7) is 6.37. The topological polar surface area (TPSA) is 40.6 Å². The van der Waals surface area contributed by atoms with Crippen molar-refractivity contribution in [1.82, 2.24) is 9.80 Å². The molecular formula is C13H24N2O2. The number of hydrogen-bond donors (Lipinski definition) is 0. The molecule has 1 heterocycles. The number of rotatable bonds is 6. The second-order valence-electron chi connectivity index (χ2n) is 4.74. The van der Waals surface area contributed by atoms with E-state index >= 15 is 0 Å². The number of hydrogen-bond acceptors (Lipinski definition) is 2. The lowest BCUT2D eigenvalue weighted by Gasteiger charge is -2.23. The van der Waals surface area contributed by atoms with Crippen molar-refractivity contribution in [1.29, 1.82) is 0 Å². The first-order valence-electron chi connectivity index (χ1n) is 6.68. The standard InChI is InChI=1S/C13H24N2O2/c1-3-4-5-10-15(12(2)16)11-13(17)14-8-6-7-9-14/h3-11H2,1-2H3. The minimum atomic E-state index is 0.00801. The lowest BCUT2D eigenvalue weighted by molar-refractivity contribution is -0.138. The molecule has 0 bridgehead atoms. The van der Waals surface area contributed by atoms with Gasteiger partial charge in [0.05, 0.1) is 6.54 Å². The number of nitrogens with zero attached hydrogens (tertiary/aromatic N) is 2. The minimum absolute atomic E-state index is 0.00801. The molecule has 0 unspecified atom stereocenters. The first-order valence-corrected chi connectivity index (χ1v) is 6.68. The molecule has 1 saturated heterocycles. The molecule has 4 heteroatoms. The Balaban J connectivity index is 2.36. The van der Waals surface area contributed by atoms with Gasteiger partial charge in [0.25, 0.3) is 0 Å². The Morgan fingerprint density at radius 2 is 1.82 bits per heavy atom. The monoisotopic (exact) mass is 240 g/mol.